The Morgan fingerprint density at radius 1 is 1.12 bits per heavy atom. The third-order valence-corrected chi connectivity index (χ3v) is 7.17. The maximum atomic E-state index is 4.79. The summed E-state index contributed by atoms with van der Waals surface area (Å²) in [6, 6.07) is 4.19. The summed E-state index contributed by atoms with van der Waals surface area (Å²) in [5, 5.41) is 11.0. The molecule has 1 aliphatic carbocycles. The van der Waals surface area contributed by atoms with Crippen molar-refractivity contribution in [3.8, 4) is 0 Å². The number of hydrogen-bond acceptors (Lipinski definition) is 7. The zero-order valence-electron chi connectivity index (χ0n) is 19.7. The van der Waals surface area contributed by atoms with E-state index in [0.717, 1.165) is 59.9 Å². The summed E-state index contributed by atoms with van der Waals surface area (Å²) in [7, 11) is 1.88. The Labute approximate surface area is 194 Å². The second kappa shape index (κ2) is 8.17. The molecule has 3 aromatic rings. The summed E-state index contributed by atoms with van der Waals surface area (Å²) in [6.45, 7) is 14.8. The van der Waals surface area contributed by atoms with Gasteiger partial charge in [0.25, 0.3) is 0 Å². The summed E-state index contributed by atoms with van der Waals surface area (Å²) in [4.78, 5) is 16.7. The molecule has 3 aromatic heterocycles. The zero-order chi connectivity index (χ0) is 23.2. The van der Waals surface area contributed by atoms with Gasteiger partial charge in [0.2, 0.25) is 5.95 Å². The lowest BCUT2D eigenvalue weighted by Crippen LogP contribution is -2.57. The molecule has 33 heavy (non-hydrogen) atoms. The standard InChI is InChI=1S/C25H32N8/c1-16(2)32-14-25(15-32)10-6-19(7-11-25)29-24-28-18(4)22(23(26-5)31-24)17(3)20-9-13-33-21(30-20)8-12-27-33/h8-9,12-13,19H,1,3,6-7,10-11,14-15H2,2,4-5H3,(H2,26,28,29,31). The molecule has 8 nitrogen and oxygen atoms in total. The molecule has 1 saturated carbocycles. The van der Waals surface area contributed by atoms with Crippen molar-refractivity contribution in [2.75, 3.05) is 30.8 Å². The highest BCUT2D eigenvalue weighted by Crippen LogP contribution is 2.45. The van der Waals surface area contributed by atoms with Crippen LogP contribution >= 0.6 is 0 Å². The summed E-state index contributed by atoms with van der Waals surface area (Å²) in [5.74, 6) is 1.43. The molecule has 0 bridgehead atoms. The van der Waals surface area contributed by atoms with E-state index in [0.29, 0.717) is 17.4 Å². The van der Waals surface area contributed by atoms with Crippen molar-refractivity contribution in [2.24, 2.45) is 5.41 Å². The number of hydrogen-bond donors (Lipinski definition) is 2. The van der Waals surface area contributed by atoms with Crippen LogP contribution in [0.3, 0.4) is 0 Å². The minimum absolute atomic E-state index is 0.401. The number of rotatable bonds is 6. The Morgan fingerprint density at radius 2 is 1.88 bits per heavy atom. The van der Waals surface area contributed by atoms with E-state index in [4.69, 9.17) is 9.97 Å². The molecule has 2 aliphatic rings. The van der Waals surface area contributed by atoms with Crippen LogP contribution < -0.4 is 10.6 Å². The first-order valence-corrected chi connectivity index (χ1v) is 11.6. The number of nitrogens with zero attached hydrogens (tertiary/aromatic N) is 6. The molecule has 1 aliphatic heterocycles. The Bertz CT molecular complexity index is 1210. The van der Waals surface area contributed by atoms with Gasteiger partial charge >= 0.3 is 0 Å². The van der Waals surface area contributed by atoms with E-state index < -0.39 is 0 Å². The number of aromatic nitrogens is 5. The van der Waals surface area contributed by atoms with E-state index in [-0.39, 0.29) is 0 Å². The van der Waals surface area contributed by atoms with Crippen molar-refractivity contribution in [2.45, 2.75) is 45.6 Å². The topological polar surface area (TPSA) is 83.3 Å². The van der Waals surface area contributed by atoms with Crippen LogP contribution in [0, 0.1) is 12.3 Å². The van der Waals surface area contributed by atoms with E-state index in [1.165, 1.54) is 18.5 Å². The molecule has 172 valence electrons. The van der Waals surface area contributed by atoms with Crippen molar-refractivity contribution >= 4 is 23.0 Å². The lowest BCUT2D eigenvalue weighted by atomic mass is 9.67. The molecule has 1 saturated heterocycles. The Morgan fingerprint density at radius 3 is 2.58 bits per heavy atom. The highest BCUT2D eigenvalue weighted by Gasteiger charge is 2.44. The van der Waals surface area contributed by atoms with Crippen molar-refractivity contribution in [1.82, 2.24) is 29.5 Å². The number of likely N-dealkylation sites (tertiary alicyclic amines) is 1. The van der Waals surface area contributed by atoms with Crippen molar-refractivity contribution in [3.05, 3.63) is 60.3 Å². The van der Waals surface area contributed by atoms with Gasteiger partial charge in [-0.05, 0) is 45.6 Å². The fourth-order valence-electron chi connectivity index (χ4n) is 5.20. The Balaban J connectivity index is 1.30. The highest BCUT2D eigenvalue weighted by atomic mass is 15.2. The van der Waals surface area contributed by atoms with Gasteiger partial charge in [-0.2, -0.15) is 10.1 Å². The molecule has 0 amide bonds. The van der Waals surface area contributed by atoms with Crippen LogP contribution in [0.5, 0.6) is 0 Å². The average Bonchev–Trinajstić information content (AvgIpc) is 3.25. The molecule has 4 heterocycles. The number of fused-ring (bicyclic) bond motifs is 1. The lowest BCUT2D eigenvalue weighted by molar-refractivity contribution is -0.00560. The summed E-state index contributed by atoms with van der Waals surface area (Å²) < 4.78 is 1.74. The fourth-order valence-corrected chi connectivity index (χ4v) is 5.20. The molecule has 8 heteroatoms. The number of anilines is 2. The molecule has 0 atom stereocenters. The van der Waals surface area contributed by atoms with Gasteiger partial charge in [-0.1, -0.05) is 13.2 Å². The predicted octanol–water partition coefficient (Wildman–Crippen LogP) is 4.12. The van der Waals surface area contributed by atoms with Gasteiger partial charge in [-0.15, -0.1) is 0 Å². The van der Waals surface area contributed by atoms with Crippen LogP contribution in [-0.4, -0.2) is 55.6 Å². The maximum Gasteiger partial charge on any atom is 0.225 e. The monoisotopic (exact) mass is 444 g/mol. The van der Waals surface area contributed by atoms with Crippen LogP contribution in [0.2, 0.25) is 0 Å². The van der Waals surface area contributed by atoms with Gasteiger partial charge in [-0.25, -0.2) is 14.5 Å². The van der Waals surface area contributed by atoms with Crippen molar-refractivity contribution in [1.29, 1.82) is 0 Å². The van der Waals surface area contributed by atoms with Gasteiger partial charge in [-0.3, -0.25) is 0 Å². The van der Waals surface area contributed by atoms with Crippen LogP contribution in [0.15, 0.2) is 43.4 Å². The molecule has 1 spiro atoms. The van der Waals surface area contributed by atoms with Crippen molar-refractivity contribution in [3.63, 3.8) is 0 Å². The molecular formula is C25H32N8. The molecular weight excluding hydrogens is 412 g/mol. The van der Waals surface area contributed by atoms with Gasteiger partial charge in [0.05, 0.1) is 17.6 Å². The first-order valence-electron chi connectivity index (χ1n) is 11.6. The molecule has 0 aromatic carbocycles. The minimum atomic E-state index is 0.401. The van der Waals surface area contributed by atoms with E-state index in [1.807, 2.05) is 32.3 Å². The third-order valence-electron chi connectivity index (χ3n) is 7.17. The normalized spacial score (nSPS) is 17.7. The minimum Gasteiger partial charge on any atom is -0.374 e. The number of aryl methyl sites for hydroxylation is 1. The molecule has 0 unspecified atom stereocenters. The number of nitrogens with one attached hydrogen (secondary N) is 2. The maximum absolute atomic E-state index is 4.79. The smallest absolute Gasteiger partial charge is 0.225 e. The van der Waals surface area contributed by atoms with E-state index in [1.54, 1.807) is 10.7 Å². The molecule has 0 radical (unpaired) electrons. The van der Waals surface area contributed by atoms with E-state index in [2.05, 4.69) is 45.7 Å². The first-order chi connectivity index (χ1) is 15.9. The second-order valence-electron chi connectivity index (χ2n) is 9.54. The first kappa shape index (κ1) is 21.4. The Kier molecular flexibility index (Phi) is 5.31. The lowest BCUT2D eigenvalue weighted by Gasteiger charge is -2.54. The fraction of sp³-hybridized carbons (Fsp3) is 0.440. The summed E-state index contributed by atoms with van der Waals surface area (Å²) in [6.07, 6.45) is 8.39. The van der Waals surface area contributed by atoms with Crippen molar-refractivity contribution < 1.29 is 0 Å². The third kappa shape index (κ3) is 3.94. The highest BCUT2D eigenvalue weighted by molar-refractivity contribution is 5.84. The van der Waals surface area contributed by atoms with Gasteiger partial charge < -0.3 is 15.5 Å². The quantitative estimate of drug-likeness (QED) is 0.592. The van der Waals surface area contributed by atoms with Crippen LogP contribution in [-0.2, 0) is 0 Å². The summed E-state index contributed by atoms with van der Waals surface area (Å²) >= 11 is 0. The van der Waals surface area contributed by atoms with Gasteiger partial charge in [0, 0.05) is 60.7 Å². The van der Waals surface area contributed by atoms with Gasteiger partial charge in [0.15, 0.2) is 5.65 Å². The average molecular weight is 445 g/mol. The van der Waals surface area contributed by atoms with E-state index >= 15 is 0 Å². The van der Waals surface area contributed by atoms with Crippen LogP contribution in [0.25, 0.3) is 11.2 Å². The van der Waals surface area contributed by atoms with E-state index in [9.17, 15) is 0 Å². The van der Waals surface area contributed by atoms with Crippen LogP contribution in [0.1, 0.15) is 49.6 Å². The van der Waals surface area contributed by atoms with Gasteiger partial charge in [0.1, 0.15) is 5.82 Å². The molecule has 2 N–H and O–H groups in total. The summed E-state index contributed by atoms with van der Waals surface area (Å²) in [5.41, 5.74) is 5.79. The SMILES string of the molecule is C=C(c1ccn2nccc2n1)c1c(C)nc(NC2CCC3(CC2)CN(C(=C)C)C3)nc1NC. The molecule has 5 rings (SSSR count). The number of allylic oxidation sites excluding steroid dienone is 1. The van der Waals surface area contributed by atoms with Crippen LogP contribution in [0.4, 0.5) is 11.8 Å². The predicted molar refractivity (Wildman–Crippen MR) is 132 cm³/mol. The largest absolute Gasteiger partial charge is 0.374 e. The zero-order valence-corrected chi connectivity index (χ0v) is 19.7. The Hall–Kier alpha value is -3.42. The second-order valence-corrected chi connectivity index (χ2v) is 9.54. The molecule has 2 fully saturated rings.